The van der Waals surface area contributed by atoms with Gasteiger partial charge in [0.05, 0.1) is 24.2 Å². The minimum Gasteiger partial charge on any atom is -0.294 e. The van der Waals surface area contributed by atoms with Crippen LogP contribution in [-0.4, -0.2) is 32.0 Å². The number of hydrogen-bond donors (Lipinski definition) is 0. The summed E-state index contributed by atoms with van der Waals surface area (Å²) in [6, 6.07) is 8.06. The van der Waals surface area contributed by atoms with Crippen molar-refractivity contribution in [3.8, 4) is 17.3 Å². The highest BCUT2D eigenvalue weighted by atomic mass is 16.2. The average molecular weight is 358 g/mol. The van der Waals surface area contributed by atoms with Crippen molar-refractivity contribution in [2.45, 2.75) is 26.2 Å². The fourth-order valence-corrected chi connectivity index (χ4v) is 3.96. The first kappa shape index (κ1) is 15.9. The van der Waals surface area contributed by atoms with E-state index in [9.17, 15) is 10.1 Å². The molecule has 0 spiro atoms. The number of aromatic nitrogens is 4. The number of hydrogen-bond acceptors (Lipinski definition) is 5. The molecule has 27 heavy (non-hydrogen) atoms. The zero-order valence-electron chi connectivity index (χ0n) is 15.0. The molecule has 0 aromatic carbocycles. The standard InChI is InChI=1S/C20H18N6O/c1-13-2-3-14(10-22-13)16-11-26-17(6-8-23-26)18(24-16)25-9-7-20(12-21,19(25)27)15-4-5-15/h2-3,6,8,10-11,15H,4-5,7,9H2,1H3/t20-/m1/s1. The summed E-state index contributed by atoms with van der Waals surface area (Å²) in [5, 5.41) is 14.1. The van der Waals surface area contributed by atoms with Crippen LogP contribution in [0.3, 0.4) is 0 Å². The summed E-state index contributed by atoms with van der Waals surface area (Å²) >= 11 is 0. The van der Waals surface area contributed by atoms with Crippen molar-refractivity contribution in [3.05, 3.63) is 42.5 Å². The molecule has 7 heteroatoms. The van der Waals surface area contributed by atoms with Gasteiger partial charge in [0.15, 0.2) is 5.82 Å². The van der Waals surface area contributed by atoms with Crippen LogP contribution in [0.1, 0.15) is 25.0 Å². The molecule has 134 valence electrons. The normalized spacial score (nSPS) is 22.4. The van der Waals surface area contributed by atoms with E-state index in [0.29, 0.717) is 24.5 Å². The Morgan fingerprint density at radius 1 is 1.30 bits per heavy atom. The smallest absolute Gasteiger partial charge is 0.249 e. The van der Waals surface area contributed by atoms with Crippen LogP contribution in [0.2, 0.25) is 0 Å². The molecular weight excluding hydrogens is 340 g/mol. The van der Waals surface area contributed by atoms with Crippen molar-refractivity contribution in [3.63, 3.8) is 0 Å². The Morgan fingerprint density at radius 3 is 2.85 bits per heavy atom. The van der Waals surface area contributed by atoms with Gasteiger partial charge in [-0.3, -0.25) is 14.7 Å². The van der Waals surface area contributed by atoms with Gasteiger partial charge in [-0.2, -0.15) is 10.4 Å². The summed E-state index contributed by atoms with van der Waals surface area (Å²) < 4.78 is 1.73. The van der Waals surface area contributed by atoms with Gasteiger partial charge in [-0.15, -0.1) is 0 Å². The van der Waals surface area contributed by atoms with E-state index in [0.717, 1.165) is 29.6 Å². The van der Waals surface area contributed by atoms with Crippen molar-refractivity contribution >= 4 is 17.2 Å². The van der Waals surface area contributed by atoms with Crippen LogP contribution in [0, 0.1) is 29.6 Å². The molecule has 0 N–H and O–H groups in total. The summed E-state index contributed by atoms with van der Waals surface area (Å²) in [5.74, 6) is 0.626. The SMILES string of the molecule is Cc1ccc(-c2cn3nccc3c(N3CC[C@@](C#N)(C4CC4)C3=O)n2)cn1. The van der Waals surface area contributed by atoms with Gasteiger partial charge in [-0.25, -0.2) is 9.50 Å². The Hall–Kier alpha value is -3.27. The molecular formula is C20H18N6O. The summed E-state index contributed by atoms with van der Waals surface area (Å²) in [4.78, 5) is 24.0. The zero-order chi connectivity index (χ0) is 18.6. The van der Waals surface area contributed by atoms with Crippen molar-refractivity contribution in [1.29, 1.82) is 5.26 Å². The largest absolute Gasteiger partial charge is 0.294 e. The van der Waals surface area contributed by atoms with Crippen molar-refractivity contribution < 1.29 is 4.79 Å². The number of amides is 1. The Morgan fingerprint density at radius 2 is 2.15 bits per heavy atom. The van der Waals surface area contributed by atoms with Gasteiger partial charge < -0.3 is 0 Å². The summed E-state index contributed by atoms with van der Waals surface area (Å²) in [6.45, 7) is 2.44. The van der Waals surface area contributed by atoms with Gasteiger partial charge in [0, 0.05) is 24.0 Å². The number of carbonyl (C=O) groups is 1. The first-order valence-electron chi connectivity index (χ1n) is 9.13. The fourth-order valence-electron chi connectivity index (χ4n) is 3.96. The highest BCUT2D eigenvalue weighted by molar-refractivity contribution is 6.04. The lowest BCUT2D eigenvalue weighted by Crippen LogP contribution is -2.36. The lowest BCUT2D eigenvalue weighted by atomic mass is 9.83. The van der Waals surface area contributed by atoms with Crippen LogP contribution in [-0.2, 0) is 4.79 Å². The fraction of sp³-hybridized carbons (Fsp3) is 0.350. The number of nitriles is 1. The molecule has 1 aliphatic heterocycles. The maximum atomic E-state index is 13.2. The second kappa shape index (κ2) is 5.61. The van der Waals surface area contributed by atoms with E-state index in [-0.39, 0.29) is 11.8 Å². The van der Waals surface area contributed by atoms with E-state index in [1.165, 1.54) is 0 Å². The predicted octanol–water partition coefficient (Wildman–Crippen LogP) is 2.76. The van der Waals surface area contributed by atoms with Crippen LogP contribution in [0.5, 0.6) is 0 Å². The number of fused-ring (bicyclic) bond motifs is 1. The van der Waals surface area contributed by atoms with Crippen LogP contribution in [0.15, 0.2) is 36.8 Å². The molecule has 3 aromatic heterocycles. The van der Waals surface area contributed by atoms with Crippen molar-refractivity contribution in [1.82, 2.24) is 19.6 Å². The Bertz CT molecular complexity index is 1090. The third kappa shape index (κ3) is 2.33. The monoisotopic (exact) mass is 358 g/mol. The Balaban J connectivity index is 1.63. The van der Waals surface area contributed by atoms with E-state index >= 15 is 0 Å². The topological polar surface area (TPSA) is 87.2 Å². The molecule has 1 amide bonds. The third-order valence-corrected chi connectivity index (χ3v) is 5.66. The zero-order valence-corrected chi connectivity index (χ0v) is 15.0. The van der Waals surface area contributed by atoms with E-state index in [2.05, 4.69) is 16.2 Å². The van der Waals surface area contributed by atoms with Gasteiger partial charge >= 0.3 is 0 Å². The maximum absolute atomic E-state index is 13.2. The van der Waals surface area contributed by atoms with Crippen LogP contribution in [0.4, 0.5) is 5.82 Å². The lowest BCUT2D eigenvalue weighted by Gasteiger charge is -2.21. The lowest BCUT2D eigenvalue weighted by molar-refractivity contribution is -0.123. The molecule has 0 bridgehead atoms. The predicted molar refractivity (Wildman–Crippen MR) is 98.7 cm³/mol. The van der Waals surface area contributed by atoms with Crippen LogP contribution >= 0.6 is 0 Å². The van der Waals surface area contributed by atoms with Crippen molar-refractivity contribution in [2.75, 3.05) is 11.4 Å². The molecule has 2 fully saturated rings. The summed E-state index contributed by atoms with van der Waals surface area (Å²) in [5.41, 5.74) is 2.36. The first-order chi connectivity index (χ1) is 13.1. The Labute approximate surface area is 156 Å². The minimum atomic E-state index is -0.889. The second-order valence-electron chi connectivity index (χ2n) is 7.36. The number of aryl methyl sites for hydroxylation is 1. The molecule has 0 radical (unpaired) electrons. The maximum Gasteiger partial charge on any atom is 0.249 e. The van der Waals surface area contributed by atoms with Crippen LogP contribution < -0.4 is 4.90 Å². The number of nitrogens with zero attached hydrogens (tertiary/aromatic N) is 6. The summed E-state index contributed by atoms with van der Waals surface area (Å²) in [7, 11) is 0. The molecule has 4 heterocycles. The molecule has 3 aromatic rings. The second-order valence-corrected chi connectivity index (χ2v) is 7.36. The van der Waals surface area contributed by atoms with Gasteiger partial charge in [-0.05, 0) is 50.3 Å². The van der Waals surface area contributed by atoms with Gasteiger partial charge in [0.2, 0.25) is 5.91 Å². The molecule has 7 nitrogen and oxygen atoms in total. The van der Waals surface area contributed by atoms with E-state index in [1.54, 1.807) is 21.8 Å². The molecule has 1 atom stereocenters. The number of anilines is 1. The summed E-state index contributed by atoms with van der Waals surface area (Å²) in [6.07, 6.45) is 7.77. The van der Waals surface area contributed by atoms with Crippen molar-refractivity contribution in [2.24, 2.45) is 11.3 Å². The number of pyridine rings is 1. The van der Waals surface area contributed by atoms with E-state index in [4.69, 9.17) is 4.98 Å². The van der Waals surface area contributed by atoms with Gasteiger partial charge in [0.25, 0.3) is 0 Å². The molecule has 1 saturated carbocycles. The van der Waals surface area contributed by atoms with E-state index < -0.39 is 5.41 Å². The minimum absolute atomic E-state index is 0.123. The number of carbonyl (C=O) groups excluding carboxylic acids is 1. The quantitative estimate of drug-likeness (QED) is 0.718. The molecule has 0 unspecified atom stereocenters. The molecule has 5 rings (SSSR count). The van der Waals surface area contributed by atoms with Crippen LogP contribution in [0.25, 0.3) is 16.8 Å². The molecule has 1 aliphatic carbocycles. The first-order valence-corrected chi connectivity index (χ1v) is 9.13. The molecule has 1 saturated heterocycles. The Kier molecular flexibility index (Phi) is 3.31. The molecule has 2 aliphatic rings. The number of rotatable bonds is 3. The van der Waals surface area contributed by atoms with E-state index in [1.807, 2.05) is 31.3 Å². The van der Waals surface area contributed by atoms with Gasteiger partial charge in [-0.1, -0.05) is 0 Å². The highest BCUT2D eigenvalue weighted by Gasteiger charge is 2.57. The highest BCUT2D eigenvalue weighted by Crippen LogP contribution is 2.52. The average Bonchev–Trinajstić information content (AvgIpc) is 3.33. The third-order valence-electron chi connectivity index (χ3n) is 5.66. The van der Waals surface area contributed by atoms with Gasteiger partial charge in [0.1, 0.15) is 10.9 Å².